The molecule has 1 heterocycles. The third-order valence-electron chi connectivity index (χ3n) is 4.75. The molecule has 3 rings (SSSR count). The Morgan fingerprint density at radius 2 is 1.57 bits per heavy atom. The second-order valence-electron chi connectivity index (χ2n) is 6.85. The lowest BCUT2D eigenvalue weighted by Crippen LogP contribution is -2.22. The summed E-state index contributed by atoms with van der Waals surface area (Å²) in [5, 5.41) is 2.82. The number of amides is 1. The van der Waals surface area contributed by atoms with Crippen LogP contribution in [0, 0.1) is 27.7 Å². The number of rotatable bonds is 5. The molecule has 3 aromatic rings. The fourth-order valence-corrected chi connectivity index (χ4v) is 3.34. The molecule has 0 saturated carbocycles. The molecule has 0 aliphatic carbocycles. The molecule has 0 saturated heterocycles. The van der Waals surface area contributed by atoms with Crippen LogP contribution in [0.15, 0.2) is 54.6 Å². The van der Waals surface area contributed by atoms with Gasteiger partial charge in [0, 0.05) is 22.8 Å². The predicted octanol–water partition coefficient (Wildman–Crippen LogP) is 4.51. The van der Waals surface area contributed by atoms with Crippen molar-refractivity contribution in [3.63, 3.8) is 0 Å². The number of carbonyl (C=O) groups is 2. The normalized spacial score (nSPS) is 10.6. The summed E-state index contributed by atoms with van der Waals surface area (Å²) in [6.45, 7) is 7.32. The molecule has 1 amide bonds. The maximum atomic E-state index is 12.5. The Morgan fingerprint density at radius 3 is 2.21 bits per heavy atom. The number of aromatic nitrogens is 1. The van der Waals surface area contributed by atoms with Gasteiger partial charge < -0.3 is 14.6 Å². The number of carbonyl (C=O) groups excluding carboxylic acids is 2. The maximum absolute atomic E-state index is 12.5. The first-order valence-corrected chi connectivity index (χ1v) is 9.16. The third-order valence-corrected chi connectivity index (χ3v) is 4.75. The van der Waals surface area contributed by atoms with Crippen molar-refractivity contribution in [2.45, 2.75) is 27.7 Å². The third kappa shape index (κ3) is 3.98. The van der Waals surface area contributed by atoms with Crippen molar-refractivity contribution in [1.82, 2.24) is 4.57 Å². The number of hydrogen-bond acceptors (Lipinski definition) is 3. The van der Waals surface area contributed by atoms with Crippen LogP contribution in [0.5, 0.6) is 0 Å². The average molecular weight is 376 g/mol. The van der Waals surface area contributed by atoms with Crippen molar-refractivity contribution in [2.75, 3.05) is 11.9 Å². The smallest absolute Gasteiger partial charge is 0.340 e. The van der Waals surface area contributed by atoms with E-state index >= 15 is 0 Å². The van der Waals surface area contributed by atoms with Gasteiger partial charge in [0.2, 0.25) is 0 Å². The summed E-state index contributed by atoms with van der Waals surface area (Å²) in [7, 11) is 0. The Hall–Kier alpha value is -3.34. The minimum absolute atomic E-state index is 0.332. The number of nitrogens with one attached hydrogen (secondary N) is 1. The van der Waals surface area contributed by atoms with Gasteiger partial charge in [0.05, 0.1) is 5.56 Å². The standard InChI is InChI=1S/C23H24N2O3/c1-15-9-8-10-16(2)22(15)24-21(26)14-28-23(27)20-13-17(3)25(18(20)4)19-11-6-5-7-12-19/h5-13H,14H2,1-4H3,(H,24,26). The van der Waals surface area contributed by atoms with Crippen molar-refractivity contribution in [3.8, 4) is 5.69 Å². The van der Waals surface area contributed by atoms with Crippen LogP contribution in [0.1, 0.15) is 32.9 Å². The highest BCUT2D eigenvalue weighted by molar-refractivity contribution is 5.97. The first-order chi connectivity index (χ1) is 13.4. The van der Waals surface area contributed by atoms with Crippen molar-refractivity contribution >= 4 is 17.6 Å². The minimum Gasteiger partial charge on any atom is -0.452 e. The zero-order valence-electron chi connectivity index (χ0n) is 16.6. The maximum Gasteiger partial charge on any atom is 0.340 e. The van der Waals surface area contributed by atoms with Crippen LogP contribution in [0.3, 0.4) is 0 Å². The fourth-order valence-electron chi connectivity index (χ4n) is 3.34. The van der Waals surface area contributed by atoms with E-state index in [-0.39, 0.29) is 12.5 Å². The molecule has 0 unspecified atom stereocenters. The first kappa shape index (κ1) is 19.4. The van der Waals surface area contributed by atoms with Gasteiger partial charge in [0.15, 0.2) is 6.61 Å². The van der Waals surface area contributed by atoms with Crippen LogP contribution in [-0.2, 0) is 9.53 Å². The largest absolute Gasteiger partial charge is 0.452 e. The van der Waals surface area contributed by atoms with E-state index in [4.69, 9.17) is 4.74 Å². The van der Waals surface area contributed by atoms with E-state index in [9.17, 15) is 9.59 Å². The SMILES string of the molecule is Cc1cccc(C)c1NC(=O)COC(=O)c1cc(C)n(-c2ccccc2)c1C. The molecular formula is C23H24N2O3. The molecule has 0 aliphatic heterocycles. The van der Waals surface area contributed by atoms with E-state index in [1.807, 2.05) is 80.8 Å². The zero-order chi connectivity index (χ0) is 20.3. The Morgan fingerprint density at radius 1 is 0.929 bits per heavy atom. The molecule has 0 spiro atoms. The zero-order valence-corrected chi connectivity index (χ0v) is 16.6. The highest BCUT2D eigenvalue weighted by Gasteiger charge is 2.19. The second kappa shape index (κ2) is 8.13. The molecule has 144 valence electrons. The van der Waals surface area contributed by atoms with Crippen molar-refractivity contribution in [2.24, 2.45) is 0 Å². The Labute approximate surface area is 165 Å². The Bertz CT molecular complexity index is 1000. The fraction of sp³-hybridized carbons (Fsp3) is 0.217. The van der Waals surface area contributed by atoms with Crippen molar-refractivity contribution in [3.05, 3.63) is 82.7 Å². The molecule has 0 fully saturated rings. The molecule has 0 aliphatic rings. The van der Waals surface area contributed by atoms with Crippen LogP contribution in [-0.4, -0.2) is 23.1 Å². The summed E-state index contributed by atoms with van der Waals surface area (Å²) in [6, 6.07) is 17.4. The monoisotopic (exact) mass is 376 g/mol. The van der Waals surface area contributed by atoms with E-state index in [1.54, 1.807) is 6.07 Å². The number of esters is 1. The average Bonchev–Trinajstić information content (AvgIpc) is 2.98. The van der Waals surface area contributed by atoms with Crippen molar-refractivity contribution < 1.29 is 14.3 Å². The number of anilines is 1. The number of nitrogens with zero attached hydrogens (tertiary/aromatic N) is 1. The molecule has 5 heteroatoms. The van der Waals surface area contributed by atoms with Crippen LogP contribution < -0.4 is 5.32 Å². The highest BCUT2D eigenvalue weighted by atomic mass is 16.5. The molecule has 0 atom stereocenters. The minimum atomic E-state index is -0.507. The molecule has 0 bridgehead atoms. The van der Waals surface area contributed by atoms with Gasteiger partial charge >= 0.3 is 5.97 Å². The summed E-state index contributed by atoms with van der Waals surface area (Å²) < 4.78 is 7.26. The van der Waals surface area contributed by atoms with Gasteiger partial charge in [-0.1, -0.05) is 36.4 Å². The summed E-state index contributed by atoms with van der Waals surface area (Å²) in [5.74, 6) is -0.866. The van der Waals surface area contributed by atoms with Crippen LogP contribution in [0.2, 0.25) is 0 Å². The Kier molecular flexibility index (Phi) is 5.64. The lowest BCUT2D eigenvalue weighted by molar-refractivity contribution is -0.119. The summed E-state index contributed by atoms with van der Waals surface area (Å²) in [4.78, 5) is 24.8. The van der Waals surface area contributed by atoms with Crippen LogP contribution >= 0.6 is 0 Å². The molecule has 2 aromatic carbocycles. The van der Waals surface area contributed by atoms with E-state index in [0.717, 1.165) is 33.9 Å². The summed E-state index contributed by atoms with van der Waals surface area (Å²) >= 11 is 0. The number of para-hydroxylation sites is 2. The number of hydrogen-bond donors (Lipinski definition) is 1. The molecular weight excluding hydrogens is 352 g/mol. The van der Waals surface area contributed by atoms with E-state index in [0.29, 0.717) is 5.56 Å². The lowest BCUT2D eigenvalue weighted by Gasteiger charge is -2.12. The molecule has 1 aromatic heterocycles. The highest BCUT2D eigenvalue weighted by Crippen LogP contribution is 2.22. The number of aryl methyl sites for hydroxylation is 3. The van der Waals surface area contributed by atoms with Gasteiger partial charge in [-0.25, -0.2) is 4.79 Å². The lowest BCUT2D eigenvalue weighted by atomic mass is 10.1. The van der Waals surface area contributed by atoms with Crippen molar-refractivity contribution in [1.29, 1.82) is 0 Å². The van der Waals surface area contributed by atoms with E-state index in [1.165, 1.54) is 0 Å². The molecule has 5 nitrogen and oxygen atoms in total. The van der Waals surface area contributed by atoms with Gasteiger partial charge in [0.25, 0.3) is 5.91 Å². The molecule has 1 N–H and O–H groups in total. The van der Waals surface area contributed by atoms with Gasteiger partial charge in [-0.3, -0.25) is 4.79 Å². The number of benzene rings is 2. The summed E-state index contributed by atoms with van der Waals surface area (Å²) in [5.41, 5.74) is 5.83. The van der Waals surface area contributed by atoms with Crippen LogP contribution in [0.4, 0.5) is 5.69 Å². The second-order valence-corrected chi connectivity index (χ2v) is 6.85. The topological polar surface area (TPSA) is 60.3 Å². The van der Waals surface area contributed by atoms with Gasteiger partial charge in [-0.15, -0.1) is 0 Å². The first-order valence-electron chi connectivity index (χ1n) is 9.16. The quantitative estimate of drug-likeness (QED) is 0.667. The van der Waals surface area contributed by atoms with Gasteiger partial charge in [0.1, 0.15) is 0 Å². The molecule has 28 heavy (non-hydrogen) atoms. The number of ether oxygens (including phenoxy) is 1. The summed E-state index contributed by atoms with van der Waals surface area (Å²) in [6.07, 6.45) is 0. The van der Waals surface area contributed by atoms with E-state index < -0.39 is 5.97 Å². The van der Waals surface area contributed by atoms with E-state index in [2.05, 4.69) is 5.32 Å². The predicted molar refractivity (Wildman–Crippen MR) is 110 cm³/mol. The molecule has 0 radical (unpaired) electrons. The van der Waals surface area contributed by atoms with Gasteiger partial charge in [-0.05, 0) is 57.0 Å². The van der Waals surface area contributed by atoms with Gasteiger partial charge in [-0.2, -0.15) is 0 Å². The Balaban J connectivity index is 1.70. The van der Waals surface area contributed by atoms with Crippen LogP contribution in [0.25, 0.3) is 5.69 Å².